The molecule has 0 radical (unpaired) electrons. The van der Waals surface area contributed by atoms with Crippen molar-refractivity contribution in [1.29, 1.82) is 0 Å². The van der Waals surface area contributed by atoms with Crippen LogP contribution in [-0.2, 0) is 0 Å². The normalized spacial score (nSPS) is 11.2. The zero-order valence-corrected chi connectivity index (χ0v) is 12.1. The molecule has 0 aliphatic carbocycles. The molecule has 2 nitrogen and oxygen atoms in total. The summed E-state index contributed by atoms with van der Waals surface area (Å²) in [4.78, 5) is 12.8. The van der Waals surface area contributed by atoms with Crippen LogP contribution < -0.4 is 4.74 Å². The maximum absolute atomic E-state index is 11.1. The zero-order chi connectivity index (χ0) is 13.7. The summed E-state index contributed by atoms with van der Waals surface area (Å²) in [6, 6.07) is 15.2. The summed E-state index contributed by atoms with van der Waals surface area (Å²) >= 11 is 3.30. The lowest BCUT2D eigenvalue weighted by atomic mass is 10.1. The Morgan fingerprint density at radius 1 is 1.16 bits per heavy atom. The van der Waals surface area contributed by atoms with Crippen LogP contribution in [0.5, 0.6) is 5.75 Å². The molecular weight excluding hydrogens is 304 g/mol. The fourth-order valence-corrected chi connectivity index (χ4v) is 2.08. The number of carbonyl (C=O) groups excluding carboxylic acids is 1. The second-order valence-corrected chi connectivity index (χ2v) is 4.56. The van der Waals surface area contributed by atoms with Crippen molar-refractivity contribution in [2.75, 3.05) is 0 Å². The molecular formula is C16H13BrO2. The van der Waals surface area contributed by atoms with Crippen molar-refractivity contribution in [3.63, 3.8) is 0 Å². The van der Waals surface area contributed by atoms with Crippen molar-refractivity contribution in [1.82, 2.24) is 0 Å². The van der Waals surface area contributed by atoms with Gasteiger partial charge in [-0.05, 0) is 19.1 Å². The molecule has 96 valence electrons. The van der Waals surface area contributed by atoms with Gasteiger partial charge in [-0.3, -0.25) is 4.79 Å². The third-order valence-electron chi connectivity index (χ3n) is 2.67. The van der Waals surface area contributed by atoms with Crippen LogP contribution in [0, 0.1) is 6.92 Å². The highest BCUT2D eigenvalue weighted by molar-refractivity contribution is 9.11. The van der Waals surface area contributed by atoms with Gasteiger partial charge in [0.15, 0.2) is 6.29 Å². The SMILES string of the molecule is Cc1ccc(O/C(=C\Br)c2ccccc2)c(C=O)c1. The summed E-state index contributed by atoms with van der Waals surface area (Å²) in [5.74, 6) is 1.21. The van der Waals surface area contributed by atoms with Crippen LogP contribution in [0.4, 0.5) is 0 Å². The first-order chi connectivity index (χ1) is 9.24. The average molecular weight is 317 g/mol. The second-order valence-electron chi connectivity index (χ2n) is 4.10. The van der Waals surface area contributed by atoms with E-state index in [0.29, 0.717) is 17.1 Å². The predicted molar refractivity (Wildman–Crippen MR) is 80.5 cm³/mol. The Morgan fingerprint density at radius 2 is 1.89 bits per heavy atom. The number of carbonyl (C=O) groups is 1. The van der Waals surface area contributed by atoms with Gasteiger partial charge in [0.25, 0.3) is 0 Å². The Balaban J connectivity index is 2.32. The molecule has 0 saturated heterocycles. The maximum Gasteiger partial charge on any atom is 0.153 e. The van der Waals surface area contributed by atoms with E-state index in [0.717, 1.165) is 17.4 Å². The molecule has 0 bridgehead atoms. The number of aldehydes is 1. The lowest BCUT2D eigenvalue weighted by Crippen LogP contribution is -1.97. The van der Waals surface area contributed by atoms with Crippen molar-refractivity contribution < 1.29 is 9.53 Å². The van der Waals surface area contributed by atoms with Crippen LogP contribution >= 0.6 is 15.9 Å². The molecule has 0 fully saturated rings. The Morgan fingerprint density at radius 3 is 2.53 bits per heavy atom. The monoisotopic (exact) mass is 316 g/mol. The van der Waals surface area contributed by atoms with Gasteiger partial charge in [0.2, 0.25) is 0 Å². The fourth-order valence-electron chi connectivity index (χ4n) is 1.72. The van der Waals surface area contributed by atoms with Gasteiger partial charge >= 0.3 is 0 Å². The smallest absolute Gasteiger partial charge is 0.153 e. The van der Waals surface area contributed by atoms with Crippen LogP contribution in [0.1, 0.15) is 21.5 Å². The average Bonchev–Trinajstić information content (AvgIpc) is 2.46. The molecule has 0 saturated carbocycles. The molecule has 0 amide bonds. The number of benzene rings is 2. The highest BCUT2D eigenvalue weighted by Gasteiger charge is 2.08. The molecule has 0 spiro atoms. The molecule has 2 aromatic rings. The number of hydrogen-bond acceptors (Lipinski definition) is 2. The number of ether oxygens (including phenoxy) is 1. The summed E-state index contributed by atoms with van der Waals surface area (Å²) < 4.78 is 5.81. The van der Waals surface area contributed by atoms with E-state index in [1.54, 1.807) is 17.1 Å². The minimum absolute atomic E-state index is 0.544. The fraction of sp³-hybridized carbons (Fsp3) is 0.0625. The van der Waals surface area contributed by atoms with Crippen molar-refractivity contribution >= 4 is 28.0 Å². The molecule has 0 aliphatic heterocycles. The molecule has 0 N–H and O–H groups in total. The lowest BCUT2D eigenvalue weighted by molar-refractivity contribution is 0.112. The topological polar surface area (TPSA) is 26.3 Å². The third kappa shape index (κ3) is 3.32. The molecule has 0 unspecified atom stereocenters. The Hall–Kier alpha value is -1.87. The zero-order valence-electron chi connectivity index (χ0n) is 10.5. The van der Waals surface area contributed by atoms with Crippen LogP contribution in [0.2, 0.25) is 0 Å². The van der Waals surface area contributed by atoms with E-state index in [1.807, 2.05) is 43.3 Å². The van der Waals surface area contributed by atoms with E-state index in [2.05, 4.69) is 15.9 Å². The van der Waals surface area contributed by atoms with Crippen LogP contribution in [0.15, 0.2) is 53.5 Å². The Bertz CT molecular complexity index is 603. The van der Waals surface area contributed by atoms with Crippen LogP contribution in [0.3, 0.4) is 0 Å². The summed E-state index contributed by atoms with van der Waals surface area (Å²) in [5.41, 5.74) is 2.51. The van der Waals surface area contributed by atoms with E-state index >= 15 is 0 Å². The van der Waals surface area contributed by atoms with Crippen molar-refractivity contribution in [2.45, 2.75) is 6.92 Å². The van der Waals surface area contributed by atoms with Gasteiger partial charge in [-0.25, -0.2) is 0 Å². The predicted octanol–water partition coefficient (Wildman–Crippen LogP) is 4.58. The second kappa shape index (κ2) is 6.34. The summed E-state index contributed by atoms with van der Waals surface area (Å²) in [6.07, 6.45) is 0.805. The van der Waals surface area contributed by atoms with E-state index in [1.165, 1.54) is 0 Å². The largest absolute Gasteiger partial charge is 0.455 e. The standard InChI is InChI=1S/C16H13BrO2/c1-12-7-8-15(14(9-12)11-18)19-16(10-17)13-5-3-2-4-6-13/h2-11H,1H3/b16-10-. The van der Waals surface area contributed by atoms with E-state index in [4.69, 9.17) is 4.74 Å². The molecule has 0 aromatic heterocycles. The highest BCUT2D eigenvalue weighted by Crippen LogP contribution is 2.25. The molecule has 0 atom stereocenters. The minimum Gasteiger partial charge on any atom is -0.455 e. The van der Waals surface area contributed by atoms with Gasteiger partial charge in [0.05, 0.1) is 5.56 Å². The van der Waals surface area contributed by atoms with Crippen molar-refractivity contribution in [2.24, 2.45) is 0 Å². The van der Waals surface area contributed by atoms with Crippen LogP contribution in [-0.4, -0.2) is 6.29 Å². The first kappa shape index (κ1) is 13.6. The number of rotatable bonds is 4. The third-order valence-corrected chi connectivity index (χ3v) is 3.09. The van der Waals surface area contributed by atoms with Gasteiger partial charge in [0.1, 0.15) is 11.5 Å². The molecule has 0 aliphatic rings. The molecule has 2 rings (SSSR count). The van der Waals surface area contributed by atoms with Crippen molar-refractivity contribution in [3.8, 4) is 5.75 Å². The summed E-state index contributed by atoms with van der Waals surface area (Å²) in [7, 11) is 0. The molecule has 0 heterocycles. The number of hydrogen-bond donors (Lipinski definition) is 0. The van der Waals surface area contributed by atoms with E-state index in [9.17, 15) is 4.79 Å². The first-order valence-electron chi connectivity index (χ1n) is 5.84. The summed E-state index contributed by atoms with van der Waals surface area (Å²) in [5, 5.41) is 0. The maximum atomic E-state index is 11.1. The van der Waals surface area contributed by atoms with Gasteiger partial charge in [0, 0.05) is 10.5 Å². The van der Waals surface area contributed by atoms with Crippen LogP contribution in [0.25, 0.3) is 5.76 Å². The van der Waals surface area contributed by atoms with Crippen molar-refractivity contribution in [3.05, 3.63) is 70.2 Å². The minimum atomic E-state index is 0.544. The number of aryl methyl sites for hydroxylation is 1. The molecule has 3 heteroatoms. The molecule has 19 heavy (non-hydrogen) atoms. The van der Waals surface area contributed by atoms with E-state index < -0.39 is 0 Å². The van der Waals surface area contributed by atoms with Gasteiger partial charge in [-0.15, -0.1) is 0 Å². The lowest BCUT2D eigenvalue weighted by Gasteiger charge is -2.11. The van der Waals surface area contributed by atoms with E-state index in [-0.39, 0.29) is 0 Å². The molecule has 2 aromatic carbocycles. The highest BCUT2D eigenvalue weighted by atomic mass is 79.9. The van der Waals surface area contributed by atoms with Gasteiger partial charge < -0.3 is 4.74 Å². The number of halogens is 1. The Kier molecular flexibility index (Phi) is 4.53. The van der Waals surface area contributed by atoms with Gasteiger partial charge in [-0.2, -0.15) is 0 Å². The Labute approximate surface area is 120 Å². The quantitative estimate of drug-likeness (QED) is 0.609. The van der Waals surface area contributed by atoms with Gasteiger partial charge in [-0.1, -0.05) is 57.9 Å². The summed E-state index contributed by atoms with van der Waals surface area (Å²) in [6.45, 7) is 1.94. The first-order valence-corrected chi connectivity index (χ1v) is 6.75.